The predicted octanol–water partition coefficient (Wildman–Crippen LogP) is 0.601. The minimum atomic E-state index is 0.162. The number of amides is 1. The van der Waals surface area contributed by atoms with Gasteiger partial charge in [0.05, 0.1) is 6.54 Å². The number of aryl methyl sites for hydroxylation is 1. The van der Waals surface area contributed by atoms with Gasteiger partial charge in [-0.15, -0.1) is 0 Å². The Morgan fingerprint density at radius 3 is 2.79 bits per heavy atom. The second-order valence-electron chi connectivity index (χ2n) is 7.64. The molecular formula is C19H33N7O2. The average Bonchev–Trinajstić information content (AvgIpc) is 3.33. The van der Waals surface area contributed by atoms with Gasteiger partial charge in [-0.05, 0) is 25.2 Å². The van der Waals surface area contributed by atoms with Gasteiger partial charge in [-0.1, -0.05) is 12.8 Å². The second kappa shape index (κ2) is 10.4. The van der Waals surface area contributed by atoms with Gasteiger partial charge >= 0.3 is 0 Å². The molecule has 156 valence electrons. The Labute approximate surface area is 166 Å². The lowest BCUT2D eigenvalue weighted by Gasteiger charge is -2.25. The van der Waals surface area contributed by atoms with Crippen LogP contribution >= 0.6 is 0 Å². The summed E-state index contributed by atoms with van der Waals surface area (Å²) in [5.41, 5.74) is 0. The van der Waals surface area contributed by atoms with Crippen molar-refractivity contribution >= 4 is 11.9 Å². The molecule has 1 aliphatic carbocycles. The van der Waals surface area contributed by atoms with E-state index in [4.69, 9.17) is 4.74 Å². The molecule has 0 saturated heterocycles. The molecule has 9 nitrogen and oxygen atoms in total. The molecule has 1 aromatic heterocycles. The molecule has 0 aromatic carbocycles. The molecule has 1 amide bonds. The first-order chi connectivity index (χ1) is 13.7. The van der Waals surface area contributed by atoms with E-state index in [-0.39, 0.29) is 11.9 Å². The van der Waals surface area contributed by atoms with Crippen LogP contribution in [0.4, 0.5) is 0 Å². The third-order valence-electron chi connectivity index (χ3n) is 5.43. The standard InChI is InChI=1S/C19H33N7O2/c1-20-19(22-10-9-21-18(27)11-14-5-3-4-6-14)23-15-7-8-17-24-16(13-28-2)25-26(17)12-15/h14-15H,3-13H2,1-2H3,(H,21,27)(H2,20,22,23). The van der Waals surface area contributed by atoms with E-state index >= 15 is 0 Å². The molecule has 9 heteroatoms. The highest BCUT2D eigenvalue weighted by Crippen LogP contribution is 2.27. The molecule has 2 heterocycles. The number of guanidine groups is 1. The zero-order chi connectivity index (χ0) is 19.8. The summed E-state index contributed by atoms with van der Waals surface area (Å²) in [5, 5.41) is 14.2. The molecule has 28 heavy (non-hydrogen) atoms. The van der Waals surface area contributed by atoms with Crippen molar-refractivity contribution in [1.29, 1.82) is 0 Å². The molecule has 1 atom stereocenters. The van der Waals surface area contributed by atoms with Crippen molar-refractivity contribution in [2.45, 2.75) is 64.1 Å². The van der Waals surface area contributed by atoms with Crippen LogP contribution in [0.5, 0.6) is 0 Å². The van der Waals surface area contributed by atoms with Crippen molar-refractivity contribution in [3.05, 3.63) is 11.6 Å². The number of ether oxygens (including phenoxy) is 1. The summed E-state index contributed by atoms with van der Waals surface area (Å²) in [6.07, 6.45) is 7.46. The first-order valence-corrected chi connectivity index (χ1v) is 10.3. The molecule has 0 spiro atoms. The number of rotatable bonds is 8. The minimum Gasteiger partial charge on any atom is -0.377 e. The lowest BCUT2D eigenvalue weighted by atomic mass is 10.0. The lowest BCUT2D eigenvalue weighted by molar-refractivity contribution is -0.121. The van der Waals surface area contributed by atoms with Crippen LogP contribution in [0, 0.1) is 5.92 Å². The fraction of sp³-hybridized carbons (Fsp3) is 0.789. The van der Waals surface area contributed by atoms with Crippen LogP contribution in [0.3, 0.4) is 0 Å². The van der Waals surface area contributed by atoms with Gasteiger partial charge in [-0.25, -0.2) is 9.67 Å². The molecule has 3 N–H and O–H groups in total. The van der Waals surface area contributed by atoms with Gasteiger partial charge in [0.2, 0.25) is 5.91 Å². The Bertz CT molecular complexity index is 667. The molecule has 1 aliphatic heterocycles. The van der Waals surface area contributed by atoms with Crippen LogP contribution in [0.2, 0.25) is 0 Å². The van der Waals surface area contributed by atoms with Crippen LogP contribution < -0.4 is 16.0 Å². The Balaban J connectivity index is 1.35. The average molecular weight is 392 g/mol. The normalized spacial score (nSPS) is 20.1. The minimum absolute atomic E-state index is 0.162. The van der Waals surface area contributed by atoms with Gasteiger partial charge in [-0.2, -0.15) is 5.10 Å². The Hall–Kier alpha value is -2.16. The van der Waals surface area contributed by atoms with E-state index in [1.165, 1.54) is 25.7 Å². The number of nitrogens with one attached hydrogen (secondary N) is 3. The summed E-state index contributed by atoms with van der Waals surface area (Å²) in [5.74, 6) is 3.23. The summed E-state index contributed by atoms with van der Waals surface area (Å²) in [6.45, 7) is 2.44. The van der Waals surface area contributed by atoms with E-state index in [2.05, 4.69) is 31.0 Å². The number of methoxy groups -OCH3 is 1. The Morgan fingerprint density at radius 2 is 2.04 bits per heavy atom. The third kappa shape index (κ3) is 5.92. The van der Waals surface area contributed by atoms with Crippen molar-refractivity contribution in [2.75, 3.05) is 27.2 Å². The highest BCUT2D eigenvalue weighted by Gasteiger charge is 2.22. The van der Waals surface area contributed by atoms with Crippen LogP contribution in [-0.4, -0.2) is 59.9 Å². The van der Waals surface area contributed by atoms with E-state index in [9.17, 15) is 4.79 Å². The van der Waals surface area contributed by atoms with Gasteiger partial charge in [0.25, 0.3) is 0 Å². The molecule has 1 fully saturated rings. The van der Waals surface area contributed by atoms with E-state index in [0.29, 0.717) is 32.0 Å². The largest absolute Gasteiger partial charge is 0.377 e. The maximum absolute atomic E-state index is 12.0. The zero-order valence-corrected chi connectivity index (χ0v) is 17.0. The topological polar surface area (TPSA) is 105 Å². The molecule has 0 bridgehead atoms. The van der Waals surface area contributed by atoms with Crippen LogP contribution in [0.1, 0.15) is 50.2 Å². The van der Waals surface area contributed by atoms with E-state index in [0.717, 1.165) is 37.0 Å². The predicted molar refractivity (Wildman–Crippen MR) is 107 cm³/mol. The van der Waals surface area contributed by atoms with Crippen LogP contribution in [-0.2, 0) is 29.1 Å². The van der Waals surface area contributed by atoms with Crippen molar-refractivity contribution in [1.82, 2.24) is 30.7 Å². The van der Waals surface area contributed by atoms with E-state index in [1.807, 2.05) is 4.68 Å². The molecule has 1 saturated carbocycles. The van der Waals surface area contributed by atoms with Crippen LogP contribution in [0.15, 0.2) is 4.99 Å². The maximum Gasteiger partial charge on any atom is 0.220 e. The van der Waals surface area contributed by atoms with Crippen molar-refractivity contribution in [2.24, 2.45) is 10.9 Å². The molecular weight excluding hydrogens is 358 g/mol. The first kappa shape index (κ1) is 20.6. The third-order valence-corrected chi connectivity index (χ3v) is 5.43. The number of carbonyl (C=O) groups excluding carboxylic acids is 1. The van der Waals surface area contributed by atoms with Gasteiger partial charge in [0.15, 0.2) is 11.8 Å². The van der Waals surface area contributed by atoms with Crippen LogP contribution in [0.25, 0.3) is 0 Å². The number of fused-ring (bicyclic) bond motifs is 1. The number of aliphatic imine (C=N–C) groups is 1. The molecule has 0 radical (unpaired) electrons. The molecule has 3 rings (SSSR count). The fourth-order valence-electron chi connectivity index (χ4n) is 3.99. The molecule has 2 aliphatic rings. The van der Waals surface area contributed by atoms with Gasteiger partial charge in [0, 0.05) is 46.1 Å². The number of hydrogen-bond donors (Lipinski definition) is 3. The van der Waals surface area contributed by atoms with Gasteiger partial charge in [-0.3, -0.25) is 9.79 Å². The highest BCUT2D eigenvalue weighted by molar-refractivity contribution is 5.80. The van der Waals surface area contributed by atoms with E-state index < -0.39 is 0 Å². The van der Waals surface area contributed by atoms with E-state index in [1.54, 1.807) is 14.2 Å². The number of nitrogens with zero attached hydrogens (tertiary/aromatic N) is 4. The first-order valence-electron chi connectivity index (χ1n) is 10.3. The van der Waals surface area contributed by atoms with Crippen molar-refractivity contribution < 1.29 is 9.53 Å². The quantitative estimate of drug-likeness (QED) is 0.340. The number of hydrogen-bond acceptors (Lipinski definition) is 5. The summed E-state index contributed by atoms with van der Waals surface area (Å²) in [6, 6.07) is 0.243. The van der Waals surface area contributed by atoms with Gasteiger partial charge in [0.1, 0.15) is 12.4 Å². The Morgan fingerprint density at radius 1 is 1.25 bits per heavy atom. The number of carbonyl (C=O) groups is 1. The second-order valence-corrected chi connectivity index (χ2v) is 7.64. The molecule has 1 aromatic rings. The summed E-state index contributed by atoms with van der Waals surface area (Å²) in [7, 11) is 3.41. The smallest absolute Gasteiger partial charge is 0.220 e. The maximum atomic E-state index is 12.0. The SMILES string of the molecule is CN=C(NCCNC(=O)CC1CCCC1)NC1CCc2nc(COC)nn2C1. The zero-order valence-electron chi connectivity index (χ0n) is 17.0. The Kier molecular flexibility index (Phi) is 7.64. The highest BCUT2D eigenvalue weighted by atomic mass is 16.5. The monoisotopic (exact) mass is 391 g/mol. The summed E-state index contributed by atoms with van der Waals surface area (Å²) >= 11 is 0. The fourth-order valence-corrected chi connectivity index (χ4v) is 3.99. The van der Waals surface area contributed by atoms with Crippen molar-refractivity contribution in [3.8, 4) is 0 Å². The lowest BCUT2D eigenvalue weighted by Crippen LogP contribution is -2.48. The number of aromatic nitrogens is 3. The van der Waals surface area contributed by atoms with Gasteiger partial charge < -0.3 is 20.7 Å². The molecule has 1 unspecified atom stereocenters. The summed E-state index contributed by atoms with van der Waals surface area (Å²) < 4.78 is 7.06. The summed E-state index contributed by atoms with van der Waals surface area (Å²) in [4.78, 5) is 20.8. The van der Waals surface area contributed by atoms with Crippen molar-refractivity contribution in [3.63, 3.8) is 0 Å².